The van der Waals surface area contributed by atoms with Crippen molar-refractivity contribution in [3.05, 3.63) is 40.7 Å². The number of rotatable bonds is 5. The molecule has 2 aromatic rings. The van der Waals surface area contributed by atoms with E-state index in [2.05, 4.69) is 4.98 Å². The van der Waals surface area contributed by atoms with E-state index in [9.17, 15) is 31.7 Å². The number of hydrogen-bond donors (Lipinski definition) is 0. The molecule has 1 fully saturated rings. The summed E-state index contributed by atoms with van der Waals surface area (Å²) < 4.78 is 62.8. The highest BCUT2D eigenvalue weighted by Gasteiger charge is 2.39. The Labute approximate surface area is 165 Å². The van der Waals surface area contributed by atoms with Crippen LogP contribution in [0.25, 0.3) is 10.8 Å². The summed E-state index contributed by atoms with van der Waals surface area (Å²) in [6, 6.07) is 3.87. The van der Waals surface area contributed by atoms with Crippen molar-refractivity contribution in [2.24, 2.45) is 0 Å². The second-order valence-electron chi connectivity index (χ2n) is 6.92. The number of fused-ring (bicyclic) bond motifs is 1. The maximum Gasteiger partial charge on any atom is 0.402 e. The van der Waals surface area contributed by atoms with Crippen LogP contribution in [0.5, 0.6) is 0 Å². The third-order valence-electron chi connectivity index (χ3n) is 4.94. The number of hydrogen-bond acceptors (Lipinski definition) is 6. The largest absolute Gasteiger partial charge is 0.402 e. The van der Waals surface area contributed by atoms with E-state index in [0.29, 0.717) is 33.9 Å². The van der Waals surface area contributed by atoms with E-state index >= 15 is 0 Å². The quantitative estimate of drug-likeness (QED) is 0.532. The van der Waals surface area contributed by atoms with Gasteiger partial charge in [-0.1, -0.05) is 0 Å². The van der Waals surface area contributed by atoms with Gasteiger partial charge >= 0.3 is 6.18 Å². The number of nitro groups is 1. The molecule has 0 bridgehead atoms. The second kappa shape index (κ2) is 7.75. The fraction of sp³-hybridized carbons (Fsp3) is 0.471. The number of anilines is 1. The van der Waals surface area contributed by atoms with Crippen LogP contribution >= 0.6 is 0 Å². The summed E-state index contributed by atoms with van der Waals surface area (Å²) in [5.74, 6) is 0. The molecular formula is C17H19F3N4O4S. The highest BCUT2D eigenvalue weighted by atomic mass is 32.2. The molecule has 1 aromatic carbocycles. The van der Waals surface area contributed by atoms with E-state index < -0.39 is 33.7 Å². The molecule has 1 saturated heterocycles. The Morgan fingerprint density at radius 3 is 2.45 bits per heavy atom. The number of non-ortho nitro benzene ring substituents is 1. The molecule has 0 aliphatic carbocycles. The van der Waals surface area contributed by atoms with E-state index in [-0.39, 0.29) is 18.5 Å². The maximum absolute atomic E-state index is 12.8. The zero-order valence-corrected chi connectivity index (χ0v) is 16.3. The van der Waals surface area contributed by atoms with Crippen molar-refractivity contribution < 1.29 is 26.5 Å². The lowest BCUT2D eigenvalue weighted by molar-refractivity contribution is -0.383. The molecule has 0 spiro atoms. The highest BCUT2D eigenvalue weighted by molar-refractivity contribution is 7.88. The van der Waals surface area contributed by atoms with Gasteiger partial charge < -0.3 is 4.90 Å². The molecular weight excluding hydrogens is 413 g/mol. The number of sulfonamides is 1. The van der Waals surface area contributed by atoms with Gasteiger partial charge in [0.1, 0.15) is 6.54 Å². The summed E-state index contributed by atoms with van der Waals surface area (Å²) >= 11 is 0. The van der Waals surface area contributed by atoms with Gasteiger partial charge in [0, 0.05) is 48.7 Å². The van der Waals surface area contributed by atoms with E-state index in [1.54, 1.807) is 12.1 Å². The van der Waals surface area contributed by atoms with Crippen LogP contribution in [-0.4, -0.2) is 60.7 Å². The third-order valence-corrected chi connectivity index (χ3v) is 6.22. The number of halogens is 3. The molecule has 29 heavy (non-hydrogen) atoms. The Kier molecular flexibility index (Phi) is 5.68. The number of aromatic nitrogens is 1. The Hall–Kier alpha value is -2.47. The predicted octanol–water partition coefficient (Wildman–Crippen LogP) is 2.94. The number of piperidine rings is 1. The molecule has 0 unspecified atom stereocenters. The number of nitrogens with zero attached hydrogens (tertiary/aromatic N) is 4. The average molecular weight is 432 g/mol. The van der Waals surface area contributed by atoms with Gasteiger partial charge in [0.25, 0.3) is 5.69 Å². The smallest absolute Gasteiger partial charge is 0.371 e. The van der Waals surface area contributed by atoms with Crippen molar-refractivity contribution in [3.63, 3.8) is 0 Å². The van der Waals surface area contributed by atoms with Gasteiger partial charge in [-0.15, -0.1) is 0 Å². The van der Waals surface area contributed by atoms with Gasteiger partial charge in [-0.25, -0.2) is 8.42 Å². The highest BCUT2D eigenvalue weighted by Crippen LogP contribution is 2.35. The first-order valence-corrected chi connectivity index (χ1v) is 10.6. The summed E-state index contributed by atoms with van der Waals surface area (Å²) in [5.41, 5.74) is 0.619. The van der Waals surface area contributed by atoms with E-state index in [0.717, 1.165) is 6.26 Å². The molecule has 158 valence electrons. The van der Waals surface area contributed by atoms with Gasteiger partial charge in [-0.2, -0.15) is 17.5 Å². The van der Waals surface area contributed by atoms with Crippen LogP contribution in [-0.2, 0) is 10.0 Å². The monoisotopic (exact) mass is 432 g/mol. The fourth-order valence-electron chi connectivity index (χ4n) is 3.68. The number of alkyl halides is 3. The van der Waals surface area contributed by atoms with Crippen LogP contribution in [0.3, 0.4) is 0 Å². The SMILES string of the molecule is CS(=O)(=O)N(CC(F)(F)F)C1CCN(c2ccc([N+](=O)[O-])c3cnccc23)CC1. The fourth-order valence-corrected chi connectivity index (χ4v) is 4.82. The van der Waals surface area contributed by atoms with Crippen LogP contribution in [0.2, 0.25) is 0 Å². The third kappa shape index (κ3) is 4.75. The molecule has 1 aliphatic rings. The minimum atomic E-state index is -4.62. The van der Waals surface area contributed by atoms with Crippen molar-refractivity contribution in [3.8, 4) is 0 Å². The van der Waals surface area contributed by atoms with Crippen molar-refractivity contribution >= 4 is 32.2 Å². The van der Waals surface area contributed by atoms with E-state index in [4.69, 9.17) is 0 Å². The lowest BCUT2D eigenvalue weighted by atomic mass is 10.0. The zero-order chi connectivity index (χ0) is 21.4. The molecule has 0 N–H and O–H groups in total. The lowest BCUT2D eigenvalue weighted by Gasteiger charge is -2.38. The zero-order valence-electron chi connectivity index (χ0n) is 15.5. The normalized spacial score (nSPS) is 16.5. The van der Waals surface area contributed by atoms with Gasteiger partial charge in [0.2, 0.25) is 10.0 Å². The van der Waals surface area contributed by atoms with Crippen LogP contribution in [0.15, 0.2) is 30.6 Å². The van der Waals surface area contributed by atoms with E-state index in [1.165, 1.54) is 18.5 Å². The Balaban J connectivity index is 1.84. The molecule has 0 atom stereocenters. The minimum Gasteiger partial charge on any atom is -0.371 e. The molecule has 12 heteroatoms. The summed E-state index contributed by atoms with van der Waals surface area (Å²) in [7, 11) is -4.02. The molecule has 0 amide bonds. The van der Waals surface area contributed by atoms with Gasteiger partial charge in [-0.3, -0.25) is 15.1 Å². The van der Waals surface area contributed by atoms with Gasteiger partial charge in [0.15, 0.2) is 0 Å². The van der Waals surface area contributed by atoms with Crippen LogP contribution in [0.4, 0.5) is 24.5 Å². The summed E-state index contributed by atoms with van der Waals surface area (Å²) in [4.78, 5) is 16.6. The molecule has 8 nitrogen and oxygen atoms in total. The second-order valence-corrected chi connectivity index (χ2v) is 8.86. The first kappa shape index (κ1) is 21.2. The molecule has 0 saturated carbocycles. The standard InChI is InChI=1S/C17H19F3N4O4S/c1-29(27,28)23(11-17(18,19)20)12-5-8-22(9-6-12)15-2-3-16(24(25)26)14-10-21-7-4-13(14)15/h2-4,7,10,12H,5-6,8-9,11H2,1H3. The average Bonchev–Trinajstić information content (AvgIpc) is 2.64. The van der Waals surface area contributed by atoms with Crippen LogP contribution in [0, 0.1) is 10.1 Å². The lowest BCUT2D eigenvalue weighted by Crippen LogP contribution is -2.50. The molecule has 1 aromatic heterocycles. The number of pyridine rings is 1. The van der Waals surface area contributed by atoms with Crippen molar-refractivity contribution in [1.29, 1.82) is 0 Å². The molecule has 2 heterocycles. The van der Waals surface area contributed by atoms with Gasteiger partial charge in [0.05, 0.1) is 16.6 Å². The van der Waals surface area contributed by atoms with Crippen molar-refractivity contribution in [2.75, 3.05) is 30.8 Å². The van der Waals surface area contributed by atoms with Crippen molar-refractivity contribution in [2.45, 2.75) is 25.1 Å². The minimum absolute atomic E-state index is 0.0832. The van der Waals surface area contributed by atoms with E-state index in [1.807, 2.05) is 4.90 Å². The molecule has 0 radical (unpaired) electrons. The van der Waals surface area contributed by atoms with Crippen LogP contribution < -0.4 is 4.90 Å². The maximum atomic E-state index is 12.8. The first-order chi connectivity index (χ1) is 13.5. The summed E-state index contributed by atoms with van der Waals surface area (Å²) in [6.45, 7) is -0.865. The number of nitro benzene ring substituents is 1. The number of benzene rings is 1. The van der Waals surface area contributed by atoms with Gasteiger partial charge in [-0.05, 0) is 25.0 Å². The van der Waals surface area contributed by atoms with Crippen molar-refractivity contribution in [1.82, 2.24) is 9.29 Å². The Morgan fingerprint density at radius 2 is 1.90 bits per heavy atom. The Bertz CT molecular complexity index is 1020. The Morgan fingerprint density at radius 1 is 1.24 bits per heavy atom. The first-order valence-electron chi connectivity index (χ1n) is 8.77. The summed E-state index contributed by atoms with van der Waals surface area (Å²) in [6.07, 6.45) is -0.501. The topological polar surface area (TPSA) is 96.7 Å². The molecule has 3 rings (SSSR count). The predicted molar refractivity (Wildman–Crippen MR) is 101 cm³/mol. The molecule has 1 aliphatic heterocycles. The van der Waals surface area contributed by atoms with Crippen LogP contribution in [0.1, 0.15) is 12.8 Å². The summed E-state index contributed by atoms with van der Waals surface area (Å²) in [5, 5.41) is 12.2.